The van der Waals surface area contributed by atoms with E-state index < -0.39 is 6.04 Å². The molecule has 166 valence electrons. The predicted octanol–water partition coefficient (Wildman–Crippen LogP) is 6.26. The topological polar surface area (TPSA) is 38.8 Å². The molecule has 3 aromatic rings. The summed E-state index contributed by atoms with van der Waals surface area (Å²) in [7, 11) is 0. The van der Waals surface area contributed by atoms with E-state index in [-0.39, 0.29) is 18.1 Å². The lowest BCUT2D eigenvalue weighted by molar-refractivity contribution is -0.118. The van der Waals surface area contributed by atoms with Crippen molar-refractivity contribution in [1.29, 1.82) is 0 Å². The Hall–Kier alpha value is -3.05. The maximum Gasteiger partial charge on any atom is 0.232 e. The number of ether oxygens (including phenoxy) is 2. The SMILES string of the molecule is CCOc1cc2c(cc1OCC)[C@H](c1cccc(Cl)c1)N(c1ccc(C)c(F)c1)C(=O)C2. The number of aryl methyl sites for hydroxylation is 1. The summed E-state index contributed by atoms with van der Waals surface area (Å²) < 4.78 is 26.1. The van der Waals surface area contributed by atoms with Crippen molar-refractivity contribution in [2.75, 3.05) is 18.1 Å². The van der Waals surface area contributed by atoms with Crippen molar-refractivity contribution in [3.63, 3.8) is 0 Å². The zero-order valence-electron chi connectivity index (χ0n) is 18.3. The van der Waals surface area contributed by atoms with Crippen LogP contribution in [0.15, 0.2) is 54.6 Å². The smallest absolute Gasteiger partial charge is 0.232 e. The van der Waals surface area contributed by atoms with Gasteiger partial charge < -0.3 is 14.4 Å². The highest BCUT2D eigenvalue weighted by Gasteiger charge is 2.36. The van der Waals surface area contributed by atoms with Gasteiger partial charge in [-0.2, -0.15) is 0 Å². The minimum absolute atomic E-state index is 0.127. The fourth-order valence-corrected chi connectivity index (χ4v) is 4.32. The molecule has 0 aliphatic carbocycles. The quantitative estimate of drug-likeness (QED) is 0.442. The zero-order chi connectivity index (χ0) is 22.8. The van der Waals surface area contributed by atoms with Crippen LogP contribution in [0.2, 0.25) is 5.02 Å². The third-order valence-electron chi connectivity index (χ3n) is 5.57. The van der Waals surface area contributed by atoms with Gasteiger partial charge in [0.05, 0.1) is 25.7 Å². The van der Waals surface area contributed by atoms with Gasteiger partial charge in [0.25, 0.3) is 0 Å². The first-order chi connectivity index (χ1) is 15.4. The molecule has 0 unspecified atom stereocenters. The standard InChI is InChI=1S/C26H25ClFNO3/c1-4-31-23-12-18-13-25(30)29(20-10-9-16(3)22(28)14-20)26(17-7-6-8-19(27)11-17)21(18)15-24(23)32-5-2/h6-12,14-15,26H,4-5,13H2,1-3H3/t26-/m0/s1. The summed E-state index contributed by atoms with van der Waals surface area (Å²) in [5, 5.41) is 0.563. The van der Waals surface area contributed by atoms with E-state index in [0.29, 0.717) is 41.0 Å². The average Bonchev–Trinajstić information content (AvgIpc) is 2.76. The number of fused-ring (bicyclic) bond motifs is 1. The Morgan fingerprint density at radius 3 is 2.41 bits per heavy atom. The average molecular weight is 454 g/mol. The third kappa shape index (κ3) is 4.17. The van der Waals surface area contributed by atoms with E-state index in [0.717, 1.165) is 16.7 Å². The van der Waals surface area contributed by atoms with Crippen molar-refractivity contribution < 1.29 is 18.7 Å². The summed E-state index contributed by atoms with van der Waals surface area (Å²) in [6.45, 7) is 6.48. The molecule has 0 aromatic heterocycles. The minimum atomic E-state index is -0.484. The van der Waals surface area contributed by atoms with Gasteiger partial charge in [-0.1, -0.05) is 29.8 Å². The lowest BCUT2D eigenvalue weighted by atomic mass is 9.86. The van der Waals surface area contributed by atoms with Gasteiger partial charge in [0.2, 0.25) is 5.91 Å². The van der Waals surface area contributed by atoms with Crippen LogP contribution >= 0.6 is 11.6 Å². The van der Waals surface area contributed by atoms with Gasteiger partial charge in [-0.05, 0) is 79.4 Å². The van der Waals surface area contributed by atoms with Gasteiger partial charge in [0.1, 0.15) is 5.82 Å². The Labute approximate surface area is 192 Å². The van der Waals surface area contributed by atoms with Crippen molar-refractivity contribution in [1.82, 2.24) is 0 Å². The molecule has 32 heavy (non-hydrogen) atoms. The van der Waals surface area contributed by atoms with Gasteiger partial charge in [-0.25, -0.2) is 4.39 Å². The molecular weight excluding hydrogens is 429 g/mol. The van der Waals surface area contributed by atoms with Crippen molar-refractivity contribution in [2.45, 2.75) is 33.2 Å². The van der Waals surface area contributed by atoms with Gasteiger partial charge in [0.15, 0.2) is 11.5 Å². The second-order valence-corrected chi connectivity index (χ2v) is 8.13. The fourth-order valence-electron chi connectivity index (χ4n) is 4.12. The largest absolute Gasteiger partial charge is 0.490 e. The van der Waals surface area contributed by atoms with Crippen molar-refractivity contribution >= 4 is 23.2 Å². The molecule has 0 fully saturated rings. The molecule has 0 N–H and O–H groups in total. The normalized spacial score (nSPS) is 15.5. The van der Waals surface area contributed by atoms with Gasteiger partial charge in [0, 0.05) is 10.7 Å². The molecule has 0 radical (unpaired) electrons. The Bertz CT molecular complexity index is 1160. The maximum atomic E-state index is 14.5. The molecule has 4 rings (SSSR count). The zero-order valence-corrected chi connectivity index (χ0v) is 19.1. The van der Waals surface area contributed by atoms with Crippen LogP contribution < -0.4 is 14.4 Å². The van der Waals surface area contributed by atoms with Crippen LogP contribution in [0.3, 0.4) is 0 Å². The number of rotatable bonds is 6. The number of nitrogens with zero attached hydrogens (tertiary/aromatic N) is 1. The number of hydrogen-bond donors (Lipinski definition) is 0. The van der Waals surface area contributed by atoms with Crippen LogP contribution in [0.4, 0.5) is 10.1 Å². The molecule has 0 spiro atoms. The first-order valence-electron chi connectivity index (χ1n) is 10.7. The van der Waals surface area contributed by atoms with Gasteiger partial charge in [-0.15, -0.1) is 0 Å². The van der Waals surface area contributed by atoms with Crippen LogP contribution in [0, 0.1) is 12.7 Å². The predicted molar refractivity (Wildman–Crippen MR) is 124 cm³/mol. The van der Waals surface area contributed by atoms with E-state index in [1.165, 1.54) is 6.07 Å². The Kier molecular flexibility index (Phi) is 6.38. The van der Waals surface area contributed by atoms with E-state index in [2.05, 4.69) is 0 Å². The summed E-state index contributed by atoms with van der Waals surface area (Å²) in [4.78, 5) is 15.0. The molecule has 1 aliphatic rings. The molecule has 0 saturated carbocycles. The maximum absolute atomic E-state index is 14.5. The monoisotopic (exact) mass is 453 g/mol. The molecule has 0 bridgehead atoms. The highest BCUT2D eigenvalue weighted by molar-refractivity contribution is 6.30. The van der Waals surface area contributed by atoms with Gasteiger partial charge in [-0.3, -0.25) is 4.79 Å². The number of carbonyl (C=O) groups is 1. The molecule has 6 heteroatoms. The van der Waals surface area contributed by atoms with E-state index >= 15 is 0 Å². The van der Waals surface area contributed by atoms with Crippen LogP contribution in [0.5, 0.6) is 11.5 Å². The minimum Gasteiger partial charge on any atom is -0.490 e. The Morgan fingerprint density at radius 1 is 1.03 bits per heavy atom. The second kappa shape index (κ2) is 9.21. The molecular formula is C26H25ClFNO3. The van der Waals surface area contributed by atoms with Crippen molar-refractivity contribution in [2.24, 2.45) is 0 Å². The number of hydrogen-bond acceptors (Lipinski definition) is 3. The van der Waals surface area contributed by atoms with E-state index in [9.17, 15) is 9.18 Å². The lowest BCUT2D eigenvalue weighted by Crippen LogP contribution is -2.41. The fraction of sp³-hybridized carbons (Fsp3) is 0.269. The van der Waals surface area contributed by atoms with Crippen molar-refractivity contribution in [3.05, 3.63) is 87.7 Å². The lowest BCUT2D eigenvalue weighted by Gasteiger charge is -2.38. The van der Waals surface area contributed by atoms with Gasteiger partial charge >= 0.3 is 0 Å². The third-order valence-corrected chi connectivity index (χ3v) is 5.80. The highest BCUT2D eigenvalue weighted by atomic mass is 35.5. The molecule has 1 aliphatic heterocycles. The van der Waals surface area contributed by atoms with Crippen LogP contribution in [-0.2, 0) is 11.2 Å². The van der Waals surface area contributed by atoms with E-state index in [1.54, 1.807) is 30.0 Å². The van der Waals surface area contributed by atoms with E-state index in [4.69, 9.17) is 21.1 Å². The van der Waals surface area contributed by atoms with Crippen LogP contribution in [-0.4, -0.2) is 19.1 Å². The molecule has 1 amide bonds. The number of halogens is 2. The summed E-state index contributed by atoms with van der Waals surface area (Å²) in [6, 6.07) is 15.6. The number of benzene rings is 3. The molecule has 0 saturated heterocycles. The summed E-state index contributed by atoms with van der Waals surface area (Å²) >= 11 is 6.31. The van der Waals surface area contributed by atoms with Crippen molar-refractivity contribution in [3.8, 4) is 11.5 Å². The second-order valence-electron chi connectivity index (χ2n) is 7.70. The molecule has 1 heterocycles. The summed E-state index contributed by atoms with van der Waals surface area (Å²) in [5.74, 6) is 0.745. The Balaban J connectivity index is 1.94. The first-order valence-corrected chi connectivity index (χ1v) is 11.1. The number of anilines is 1. The summed E-state index contributed by atoms with van der Waals surface area (Å²) in [5.41, 5.74) is 3.62. The number of carbonyl (C=O) groups excluding carboxylic acids is 1. The van der Waals surface area contributed by atoms with Crippen LogP contribution in [0.25, 0.3) is 0 Å². The highest BCUT2D eigenvalue weighted by Crippen LogP contribution is 2.44. The Morgan fingerprint density at radius 2 is 1.75 bits per heavy atom. The van der Waals surface area contributed by atoms with E-state index in [1.807, 2.05) is 44.2 Å². The number of amides is 1. The molecule has 4 nitrogen and oxygen atoms in total. The van der Waals surface area contributed by atoms with Crippen LogP contribution in [0.1, 0.15) is 42.1 Å². The molecule has 1 atom stereocenters. The summed E-state index contributed by atoms with van der Waals surface area (Å²) in [6.07, 6.45) is 0.175. The molecule has 3 aromatic carbocycles. The first kappa shape index (κ1) is 22.2.